The van der Waals surface area contributed by atoms with E-state index in [1.807, 2.05) is 6.92 Å². The van der Waals surface area contributed by atoms with Crippen LogP contribution in [0, 0.1) is 32.0 Å². The summed E-state index contributed by atoms with van der Waals surface area (Å²) in [7, 11) is 1.57. The number of nitrogens with two attached hydrogens (primary N) is 1. The van der Waals surface area contributed by atoms with Crippen LogP contribution in [0.3, 0.4) is 0 Å². The third kappa shape index (κ3) is 13.0. The Hall–Kier alpha value is -8.48. The number of hydrogen-bond acceptors (Lipinski definition) is 13. The number of ether oxygens (including phenoxy) is 2. The normalized spacial score (nSPS) is 14.4. The number of aromatic nitrogens is 2. The molecule has 8 N–H and O–H groups in total. The second kappa shape index (κ2) is 24.9. The molecular formula is C56H62FN9O11. The highest BCUT2D eigenvalue weighted by Gasteiger charge is 2.45. The molecule has 0 saturated carbocycles. The zero-order chi connectivity index (χ0) is 55.6. The van der Waals surface area contributed by atoms with Crippen molar-refractivity contribution in [3.63, 3.8) is 0 Å². The van der Waals surface area contributed by atoms with Gasteiger partial charge in [0.1, 0.15) is 25.1 Å². The van der Waals surface area contributed by atoms with Gasteiger partial charge in [0.2, 0.25) is 29.5 Å². The number of hydrogen-bond donors (Lipinski definition) is 7. The van der Waals surface area contributed by atoms with Crippen LogP contribution < -0.4 is 37.9 Å². The lowest BCUT2D eigenvalue weighted by atomic mass is 9.86. The summed E-state index contributed by atoms with van der Waals surface area (Å²) in [5, 5.41) is 25.0. The molecule has 4 heterocycles. The molecule has 5 aromatic rings. The number of nitrogens with zero attached hydrogens (tertiary/aromatic N) is 3. The van der Waals surface area contributed by atoms with Gasteiger partial charge in [-0.05, 0) is 91.1 Å². The maximum atomic E-state index is 15.7. The number of amides is 6. The number of aliphatic hydroxyl groups is 1. The molecule has 0 aliphatic carbocycles. The van der Waals surface area contributed by atoms with Crippen molar-refractivity contribution in [2.45, 2.75) is 97.1 Å². The van der Waals surface area contributed by atoms with Gasteiger partial charge in [0.25, 0.3) is 5.56 Å². The van der Waals surface area contributed by atoms with Crippen molar-refractivity contribution >= 4 is 58.2 Å². The molecule has 21 heteroatoms. The Balaban J connectivity index is 0.997. The quantitative estimate of drug-likeness (QED) is 0.0293. The fourth-order valence-corrected chi connectivity index (χ4v) is 9.51. The molecule has 2 aliphatic heterocycles. The summed E-state index contributed by atoms with van der Waals surface area (Å²) in [6.45, 7) is 4.23. The monoisotopic (exact) mass is 1060 g/mol. The zero-order valence-corrected chi connectivity index (χ0v) is 43.4. The first kappa shape index (κ1) is 56.3. The van der Waals surface area contributed by atoms with Crippen molar-refractivity contribution < 1.29 is 52.5 Å². The first-order valence-electron chi connectivity index (χ1n) is 25.2. The third-order valence-corrected chi connectivity index (χ3v) is 13.9. The number of nitrogens with one attached hydrogen (secondary N) is 5. The van der Waals surface area contributed by atoms with E-state index in [-0.39, 0.29) is 82.1 Å². The maximum Gasteiger partial charge on any atom is 0.409 e. The first-order valence-corrected chi connectivity index (χ1v) is 25.2. The van der Waals surface area contributed by atoms with E-state index >= 15 is 4.39 Å². The number of anilines is 1. The van der Waals surface area contributed by atoms with E-state index in [9.17, 15) is 43.5 Å². The minimum Gasteiger partial charge on any atom is -0.458 e. The highest BCUT2D eigenvalue weighted by molar-refractivity contribution is 5.97. The summed E-state index contributed by atoms with van der Waals surface area (Å²) in [4.78, 5) is 110. The van der Waals surface area contributed by atoms with Crippen LogP contribution in [-0.4, -0.2) is 107 Å². The van der Waals surface area contributed by atoms with E-state index in [1.54, 1.807) is 75.5 Å². The van der Waals surface area contributed by atoms with E-state index in [2.05, 4.69) is 32.5 Å². The number of aryl methyl sites for hydroxylation is 3. The number of fused-ring (bicyclic) bond motifs is 5. The second-order valence-corrected chi connectivity index (χ2v) is 18.9. The molecule has 7 rings (SSSR count). The smallest absolute Gasteiger partial charge is 0.409 e. The molecule has 0 radical (unpaired) electrons. The summed E-state index contributed by atoms with van der Waals surface area (Å²) in [5.74, 6) is -1.55. The van der Waals surface area contributed by atoms with Gasteiger partial charge >= 0.3 is 12.1 Å². The van der Waals surface area contributed by atoms with Crippen LogP contribution in [0.4, 0.5) is 14.9 Å². The summed E-state index contributed by atoms with van der Waals surface area (Å²) in [6.07, 6.45) is 6.12. The molecule has 0 bridgehead atoms. The van der Waals surface area contributed by atoms with Crippen LogP contribution in [0.1, 0.15) is 82.7 Å². The molecule has 6 amide bonds. The van der Waals surface area contributed by atoms with Crippen LogP contribution in [0.5, 0.6) is 0 Å². The van der Waals surface area contributed by atoms with Crippen molar-refractivity contribution in [1.29, 1.82) is 0 Å². The Morgan fingerprint density at radius 2 is 1.70 bits per heavy atom. The fraction of sp³-hybridized carbons (Fsp3) is 0.375. The number of carbonyl (C=O) groups excluding carboxylic acids is 7. The number of cyclic esters (lactones) is 1. The molecule has 2 atom stereocenters. The Labute approximate surface area is 443 Å². The predicted octanol–water partition coefficient (Wildman–Crippen LogP) is 2.97. The van der Waals surface area contributed by atoms with Gasteiger partial charge in [-0.2, -0.15) is 0 Å². The number of carbonyl (C=O) groups is 7. The standard InChI is InChI=1S/C56H62FN9O11/c1-6-8-20-59-46(67)19-17-35-23-37(62-48(69)28-61-52(71)44(22-34-13-10-9-11-14-34)63-49(70)27-60-47(68)26-58)18-16-36(35)30-77-55(74)65(5)21-12-15-38-32(3)42(57)25-43-50(38)33(4)39-29-66-45(51(39)64-43)24-41-40(53(66)72)31-76-54(73)56(41,75)7-2/h1,9-11,13-14,16,18,23-25,44,75H,7-8,12,15,17,19-22,26-31,58H2,2-5H3,(H,59,67)(H,60,68)(H,61,71)(H,62,69)(H,63,70)/t44-,56-/m0/s1. The van der Waals surface area contributed by atoms with Gasteiger partial charge in [-0.25, -0.2) is 19.0 Å². The lowest BCUT2D eigenvalue weighted by molar-refractivity contribution is -0.172. The van der Waals surface area contributed by atoms with Crippen LogP contribution in [0.2, 0.25) is 0 Å². The molecule has 404 valence electrons. The van der Waals surface area contributed by atoms with Crippen molar-refractivity contribution in [2.75, 3.05) is 45.1 Å². The van der Waals surface area contributed by atoms with Gasteiger partial charge < -0.3 is 56.4 Å². The summed E-state index contributed by atoms with van der Waals surface area (Å²) in [6, 6.07) is 15.7. The number of pyridine rings is 2. The Morgan fingerprint density at radius 1 is 0.948 bits per heavy atom. The zero-order valence-electron chi connectivity index (χ0n) is 43.4. The summed E-state index contributed by atoms with van der Waals surface area (Å²) in [5.41, 5.74) is 9.39. The van der Waals surface area contributed by atoms with E-state index in [0.717, 1.165) is 22.1 Å². The molecule has 0 fully saturated rings. The average Bonchev–Trinajstić information content (AvgIpc) is 3.80. The SMILES string of the molecule is C#CCCNC(=O)CCc1cc(NC(=O)CNC(=O)[C@H](Cc2ccccc2)NC(=O)CNC(=O)CN)ccc1COC(=O)N(C)CCCc1c(C)c(F)cc2nc3c(c(C)c12)Cn1c-3cc2c(c1=O)COC(=O)[C@]2(O)CC. The maximum absolute atomic E-state index is 15.7. The Morgan fingerprint density at radius 3 is 2.43 bits per heavy atom. The lowest BCUT2D eigenvalue weighted by Gasteiger charge is -2.31. The van der Waals surface area contributed by atoms with Crippen LogP contribution in [-0.2, 0) is 82.9 Å². The van der Waals surface area contributed by atoms with Crippen molar-refractivity contribution in [3.05, 3.63) is 127 Å². The number of rotatable bonds is 22. The largest absolute Gasteiger partial charge is 0.458 e. The van der Waals surface area contributed by atoms with Crippen molar-refractivity contribution in [1.82, 2.24) is 35.7 Å². The minimum absolute atomic E-state index is 0.00763. The third-order valence-electron chi connectivity index (χ3n) is 13.9. The molecule has 0 unspecified atom stereocenters. The van der Waals surface area contributed by atoms with E-state index in [0.29, 0.717) is 64.1 Å². The number of halogens is 1. The lowest BCUT2D eigenvalue weighted by Crippen LogP contribution is -2.51. The molecule has 0 spiro atoms. The first-order chi connectivity index (χ1) is 36.9. The van der Waals surface area contributed by atoms with Crippen LogP contribution in [0.15, 0.2) is 65.5 Å². The van der Waals surface area contributed by atoms with Gasteiger partial charge in [0, 0.05) is 67.7 Å². The Kier molecular flexibility index (Phi) is 18.2. The molecular weight excluding hydrogens is 994 g/mol. The van der Waals surface area contributed by atoms with Crippen molar-refractivity contribution in [2.24, 2.45) is 5.73 Å². The highest BCUT2D eigenvalue weighted by Crippen LogP contribution is 2.41. The summed E-state index contributed by atoms with van der Waals surface area (Å²) >= 11 is 0. The number of terminal acetylenes is 1. The van der Waals surface area contributed by atoms with Crippen LogP contribution in [0.25, 0.3) is 22.3 Å². The summed E-state index contributed by atoms with van der Waals surface area (Å²) < 4.78 is 28.2. The Bertz CT molecular complexity index is 3250. The predicted molar refractivity (Wildman–Crippen MR) is 282 cm³/mol. The minimum atomic E-state index is -2.00. The van der Waals surface area contributed by atoms with Gasteiger partial charge in [0.15, 0.2) is 5.60 Å². The highest BCUT2D eigenvalue weighted by atomic mass is 19.1. The van der Waals surface area contributed by atoms with Gasteiger partial charge in [-0.3, -0.25) is 28.8 Å². The fourth-order valence-electron chi connectivity index (χ4n) is 9.51. The molecule has 77 heavy (non-hydrogen) atoms. The van der Waals surface area contributed by atoms with Gasteiger partial charge in [-0.1, -0.05) is 43.3 Å². The molecule has 2 aromatic heterocycles. The van der Waals surface area contributed by atoms with Gasteiger partial charge in [-0.15, -0.1) is 12.3 Å². The molecule has 2 aliphatic rings. The molecule has 20 nitrogen and oxygen atoms in total. The van der Waals surface area contributed by atoms with E-state index in [4.69, 9.17) is 26.6 Å². The second-order valence-electron chi connectivity index (χ2n) is 18.9. The topological polar surface area (TPSA) is 282 Å². The molecule has 3 aromatic carbocycles. The molecule has 0 saturated heterocycles. The van der Waals surface area contributed by atoms with Crippen LogP contribution >= 0.6 is 0 Å². The average molecular weight is 1060 g/mol. The van der Waals surface area contributed by atoms with E-state index < -0.39 is 71.8 Å². The van der Waals surface area contributed by atoms with E-state index in [1.165, 1.54) is 15.5 Å². The van der Waals surface area contributed by atoms with Gasteiger partial charge in [0.05, 0.1) is 48.6 Å². The number of esters is 1. The number of benzene rings is 3. The van der Waals surface area contributed by atoms with Crippen molar-refractivity contribution in [3.8, 4) is 23.7 Å².